The van der Waals surface area contributed by atoms with E-state index in [4.69, 9.17) is 0 Å². The quantitative estimate of drug-likeness (QED) is 0.559. The summed E-state index contributed by atoms with van der Waals surface area (Å²) in [6.45, 7) is 3.75. The molecule has 16 heavy (non-hydrogen) atoms. The second kappa shape index (κ2) is 6.27. The molecular formula is C15H12O. The molecule has 78 valence electrons. The molecule has 0 atom stereocenters. The van der Waals surface area contributed by atoms with E-state index in [2.05, 4.69) is 23.7 Å². The molecule has 0 amide bonds. The topological polar surface area (TPSA) is 17.1 Å². The predicted octanol–water partition coefficient (Wildman–Crippen LogP) is 2.58. The van der Waals surface area contributed by atoms with E-state index in [1.807, 2.05) is 13.8 Å². The summed E-state index contributed by atoms with van der Waals surface area (Å²) in [5, 5.41) is 0. The van der Waals surface area contributed by atoms with E-state index in [0.717, 1.165) is 11.1 Å². The molecule has 0 unspecified atom stereocenters. The van der Waals surface area contributed by atoms with Gasteiger partial charge >= 0.3 is 0 Å². The minimum Gasteiger partial charge on any atom is -0.290 e. The Morgan fingerprint density at radius 1 is 0.875 bits per heavy atom. The first-order valence-corrected chi connectivity index (χ1v) is 4.94. The van der Waals surface area contributed by atoms with Crippen LogP contribution in [0.2, 0.25) is 0 Å². The van der Waals surface area contributed by atoms with Gasteiger partial charge in [-0.2, -0.15) is 0 Å². The van der Waals surface area contributed by atoms with Crippen LogP contribution < -0.4 is 0 Å². The van der Waals surface area contributed by atoms with Crippen LogP contribution in [0.5, 0.6) is 0 Å². The third kappa shape index (κ3) is 4.84. The monoisotopic (exact) mass is 208 g/mol. The SMILES string of the molecule is C/C1=C/C=C/C(=O)/C=C/C=C(\C)C#CC#C1. The minimum absolute atomic E-state index is 0.0479. The summed E-state index contributed by atoms with van der Waals surface area (Å²) in [7, 11) is 0. The van der Waals surface area contributed by atoms with Crippen molar-refractivity contribution < 1.29 is 4.79 Å². The van der Waals surface area contributed by atoms with E-state index in [-0.39, 0.29) is 5.78 Å². The van der Waals surface area contributed by atoms with Crippen molar-refractivity contribution >= 4 is 5.78 Å². The van der Waals surface area contributed by atoms with E-state index in [1.165, 1.54) is 12.2 Å². The number of carbonyl (C=O) groups is 1. The lowest BCUT2D eigenvalue weighted by atomic mass is 10.2. The van der Waals surface area contributed by atoms with Crippen molar-refractivity contribution in [1.82, 2.24) is 0 Å². The molecule has 1 aliphatic rings. The molecule has 0 saturated heterocycles. The van der Waals surface area contributed by atoms with Crippen molar-refractivity contribution in [2.45, 2.75) is 13.8 Å². The second-order valence-corrected chi connectivity index (χ2v) is 3.32. The average Bonchev–Trinajstić information content (AvgIpc) is 2.24. The normalized spacial score (nSPS) is 25.8. The summed E-state index contributed by atoms with van der Waals surface area (Å²) in [5.74, 6) is 11.2. The van der Waals surface area contributed by atoms with Gasteiger partial charge in [0, 0.05) is 0 Å². The molecular weight excluding hydrogens is 196 g/mol. The fourth-order valence-corrected chi connectivity index (χ4v) is 0.973. The molecule has 0 N–H and O–H groups in total. The van der Waals surface area contributed by atoms with Crippen molar-refractivity contribution in [2.75, 3.05) is 0 Å². The predicted molar refractivity (Wildman–Crippen MR) is 66.4 cm³/mol. The maximum Gasteiger partial charge on any atom is 0.178 e. The summed E-state index contributed by atoms with van der Waals surface area (Å²) >= 11 is 0. The second-order valence-electron chi connectivity index (χ2n) is 3.32. The summed E-state index contributed by atoms with van der Waals surface area (Å²) < 4.78 is 0. The molecule has 1 heteroatoms. The largest absolute Gasteiger partial charge is 0.290 e. The average molecular weight is 208 g/mol. The van der Waals surface area contributed by atoms with Crippen molar-refractivity contribution in [3.05, 3.63) is 47.6 Å². The highest BCUT2D eigenvalue weighted by Gasteiger charge is 1.86. The molecule has 0 saturated carbocycles. The van der Waals surface area contributed by atoms with Crippen molar-refractivity contribution in [1.29, 1.82) is 0 Å². The van der Waals surface area contributed by atoms with E-state index in [9.17, 15) is 4.79 Å². The van der Waals surface area contributed by atoms with Gasteiger partial charge in [0.2, 0.25) is 0 Å². The Hall–Kier alpha value is -2.25. The Bertz CT molecular complexity index is 469. The highest BCUT2D eigenvalue weighted by Crippen LogP contribution is 1.94. The summed E-state index contributed by atoms with van der Waals surface area (Å²) in [4.78, 5) is 11.3. The maximum atomic E-state index is 11.3. The molecule has 0 fully saturated rings. The Morgan fingerprint density at radius 2 is 1.31 bits per heavy atom. The van der Waals surface area contributed by atoms with E-state index >= 15 is 0 Å². The van der Waals surface area contributed by atoms with Crippen LogP contribution in [0.1, 0.15) is 13.8 Å². The van der Waals surface area contributed by atoms with Gasteiger partial charge in [-0.25, -0.2) is 0 Å². The zero-order valence-corrected chi connectivity index (χ0v) is 9.37. The number of rotatable bonds is 0. The first-order chi connectivity index (χ1) is 7.68. The Morgan fingerprint density at radius 3 is 1.75 bits per heavy atom. The highest BCUT2D eigenvalue weighted by atomic mass is 16.1. The van der Waals surface area contributed by atoms with Crippen LogP contribution in [0.3, 0.4) is 0 Å². The molecule has 0 aromatic heterocycles. The summed E-state index contributed by atoms with van der Waals surface area (Å²) in [6, 6.07) is 0. The summed E-state index contributed by atoms with van der Waals surface area (Å²) in [5.41, 5.74) is 1.76. The van der Waals surface area contributed by atoms with Gasteiger partial charge in [0.15, 0.2) is 5.78 Å². The lowest BCUT2D eigenvalue weighted by molar-refractivity contribution is -0.110. The van der Waals surface area contributed by atoms with Crippen LogP contribution in [-0.4, -0.2) is 5.78 Å². The van der Waals surface area contributed by atoms with Crippen molar-refractivity contribution in [2.24, 2.45) is 0 Å². The van der Waals surface area contributed by atoms with Crippen LogP contribution in [-0.2, 0) is 4.79 Å². The first kappa shape index (κ1) is 11.8. The highest BCUT2D eigenvalue weighted by molar-refractivity contribution is 5.99. The maximum absolute atomic E-state index is 11.3. The third-order valence-corrected chi connectivity index (χ3v) is 1.80. The van der Waals surface area contributed by atoms with Crippen LogP contribution in [0.4, 0.5) is 0 Å². The van der Waals surface area contributed by atoms with Gasteiger partial charge in [0.05, 0.1) is 0 Å². The minimum atomic E-state index is -0.0479. The van der Waals surface area contributed by atoms with Gasteiger partial charge in [0.1, 0.15) is 0 Å². The zero-order valence-electron chi connectivity index (χ0n) is 9.37. The first-order valence-electron chi connectivity index (χ1n) is 4.94. The molecule has 0 aromatic rings. The number of ketones is 1. The van der Waals surface area contributed by atoms with Crippen LogP contribution >= 0.6 is 0 Å². The lowest BCUT2D eigenvalue weighted by Crippen LogP contribution is -1.83. The van der Waals surface area contributed by atoms with Crippen molar-refractivity contribution in [3.63, 3.8) is 0 Å². The third-order valence-electron chi connectivity index (χ3n) is 1.80. The van der Waals surface area contributed by atoms with E-state index < -0.39 is 0 Å². The molecule has 1 rings (SSSR count). The number of hydrogen-bond acceptors (Lipinski definition) is 1. The molecule has 1 aliphatic carbocycles. The van der Waals surface area contributed by atoms with E-state index in [0.29, 0.717) is 0 Å². The van der Waals surface area contributed by atoms with Gasteiger partial charge in [-0.3, -0.25) is 4.79 Å². The fourth-order valence-electron chi connectivity index (χ4n) is 0.973. The number of hydrogen-bond donors (Lipinski definition) is 0. The number of carbonyl (C=O) groups excluding carboxylic acids is 1. The van der Waals surface area contributed by atoms with Gasteiger partial charge in [-0.05, 0) is 49.0 Å². The molecule has 0 spiro atoms. The lowest BCUT2D eigenvalue weighted by Gasteiger charge is -1.83. The fraction of sp³-hybridized carbons (Fsp3) is 0.133. The van der Waals surface area contributed by atoms with Crippen LogP contribution in [0.25, 0.3) is 0 Å². The molecule has 1 nitrogen and oxygen atoms in total. The molecule has 0 aromatic carbocycles. The summed E-state index contributed by atoms with van der Waals surface area (Å²) in [6.07, 6.45) is 9.97. The van der Waals surface area contributed by atoms with E-state index in [1.54, 1.807) is 24.3 Å². The van der Waals surface area contributed by atoms with Crippen molar-refractivity contribution in [3.8, 4) is 23.7 Å². The zero-order chi connectivity index (χ0) is 11.8. The van der Waals surface area contributed by atoms with Gasteiger partial charge in [0.25, 0.3) is 0 Å². The Labute approximate surface area is 96.2 Å². The van der Waals surface area contributed by atoms with Gasteiger partial charge < -0.3 is 0 Å². The van der Waals surface area contributed by atoms with Crippen LogP contribution in [0.15, 0.2) is 47.6 Å². The standard InChI is InChI=1S/C15H12O/c1-13-7-3-4-8-14(2)10-6-12-15(16)11-5-9-13/h5-6,9-12H,1-2H3/b11-5+,12-6+,13-9-,14-10+. The number of allylic oxidation sites excluding steroid dienone is 8. The molecule has 0 aliphatic heterocycles. The van der Waals surface area contributed by atoms with Gasteiger partial charge in [-0.1, -0.05) is 36.1 Å². The molecule has 0 bridgehead atoms. The van der Waals surface area contributed by atoms with Gasteiger partial charge in [-0.15, -0.1) is 0 Å². The van der Waals surface area contributed by atoms with Crippen LogP contribution in [0, 0.1) is 23.7 Å². The molecule has 0 heterocycles. The smallest absolute Gasteiger partial charge is 0.178 e. The Kier molecular flexibility index (Phi) is 4.64. The Balaban J connectivity index is 3.07. The molecule has 0 radical (unpaired) electrons.